The Morgan fingerprint density at radius 2 is 0.820 bits per heavy atom. The lowest BCUT2D eigenvalue weighted by Gasteiger charge is -2.21. The van der Waals surface area contributed by atoms with Crippen LogP contribution in [0.15, 0.2) is 218 Å². The van der Waals surface area contributed by atoms with Crippen molar-refractivity contribution in [2.45, 2.75) is 12.8 Å². The van der Waals surface area contributed by atoms with Gasteiger partial charge in [-0.2, -0.15) is 0 Å². The first-order valence-corrected chi connectivity index (χ1v) is 21.3. The smallest absolute Gasteiger partial charge is 0.145 e. The Morgan fingerprint density at radius 1 is 0.361 bits per heavy atom. The van der Waals surface area contributed by atoms with E-state index in [1.807, 2.05) is 0 Å². The summed E-state index contributed by atoms with van der Waals surface area (Å²) in [6.07, 6.45) is 8.66. The molecule has 61 heavy (non-hydrogen) atoms. The monoisotopic (exact) mass is 776 g/mol. The molecule has 1 aliphatic rings. The van der Waals surface area contributed by atoms with Crippen LogP contribution in [0, 0.1) is 0 Å². The fourth-order valence-electron chi connectivity index (χ4n) is 10.0. The molecule has 0 amide bonds. The highest BCUT2D eigenvalue weighted by Crippen LogP contribution is 2.48. The number of imidazole rings is 1. The predicted molar refractivity (Wildman–Crippen MR) is 260 cm³/mol. The minimum Gasteiger partial charge on any atom is -0.296 e. The van der Waals surface area contributed by atoms with E-state index in [2.05, 4.69) is 223 Å². The molecule has 2 heteroatoms. The van der Waals surface area contributed by atoms with E-state index in [0.717, 1.165) is 35.3 Å². The maximum Gasteiger partial charge on any atom is 0.145 e. The van der Waals surface area contributed by atoms with Gasteiger partial charge >= 0.3 is 0 Å². The zero-order valence-electron chi connectivity index (χ0n) is 33.6. The Kier molecular flexibility index (Phi) is 8.35. The topological polar surface area (TPSA) is 17.8 Å². The van der Waals surface area contributed by atoms with Gasteiger partial charge in [0.15, 0.2) is 0 Å². The zero-order valence-corrected chi connectivity index (χ0v) is 33.6. The van der Waals surface area contributed by atoms with E-state index < -0.39 is 0 Å². The summed E-state index contributed by atoms with van der Waals surface area (Å²) in [5, 5.41) is 9.95. The number of aromatic nitrogens is 2. The van der Waals surface area contributed by atoms with Gasteiger partial charge < -0.3 is 0 Å². The molecule has 0 bridgehead atoms. The van der Waals surface area contributed by atoms with Crippen molar-refractivity contribution in [3.8, 4) is 55.9 Å². The average Bonchev–Trinajstić information content (AvgIpc) is 3.73. The van der Waals surface area contributed by atoms with Crippen molar-refractivity contribution in [3.63, 3.8) is 0 Å². The Balaban J connectivity index is 1.12. The van der Waals surface area contributed by atoms with Gasteiger partial charge in [-0.15, -0.1) is 0 Å². The quantitative estimate of drug-likeness (QED) is 0.154. The summed E-state index contributed by atoms with van der Waals surface area (Å²) >= 11 is 0. The molecule has 0 atom stereocenters. The number of benzene rings is 10. The van der Waals surface area contributed by atoms with Crippen molar-refractivity contribution < 1.29 is 0 Å². The van der Waals surface area contributed by atoms with Crippen molar-refractivity contribution >= 4 is 59.8 Å². The van der Waals surface area contributed by atoms with Crippen LogP contribution >= 0.6 is 0 Å². The summed E-state index contributed by atoms with van der Waals surface area (Å²) < 4.78 is 2.37. The summed E-state index contributed by atoms with van der Waals surface area (Å²) in [6.45, 7) is 0. The third-order valence-electron chi connectivity index (χ3n) is 12.6. The summed E-state index contributed by atoms with van der Waals surface area (Å²) in [6, 6.07) is 73.4. The highest BCUT2D eigenvalue weighted by Gasteiger charge is 2.22. The number of fused-ring (bicyclic) bond motifs is 5. The molecule has 0 unspecified atom stereocenters. The van der Waals surface area contributed by atoms with Gasteiger partial charge in [-0.3, -0.25) is 4.57 Å². The fourth-order valence-corrected chi connectivity index (χ4v) is 10.0. The molecule has 1 heterocycles. The molecule has 0 spiro atoms. The van der Waals surface area contributed by atoms with E-state index >= 15 is 0 Å². The summed E-state index contributed by atoms with van der Waals surface area (Å²) in [5.41, 5.74) is 14.4. The summed E-state index contributed by atoms with van der Waals surface area (Å²) in [5.74, 6) is 0.975. The first-order valence-electron chi connectivity index (χ1n) is 21.3. The third-order valence-corrected chi connectivity index (χ3v) is 12.6. The van der Waals surface area contributed by atoms with Gasteiger partial charge in [-0.05, 0) is 131 Å². The van der Waals surface area contributed by atoms with Crippen LogP contribution in [0.1, 0.15) is 12.8 Å². The molecule has 11 aromatic rings. The molecule has 0 fully saturated rings. The maximum absolute atomic E-state index is 5.27. The lowest BCUT2D eigenvalue weighted by Crippen LogP contribution is -2.01. The van der Waals surface area contributed by atoms with Gasteiger partial charge in [0.05, 0.1) is 11.0 Å². The van der Waals surface area contributed by atoms with Crippen LogP contribution in [-0.4, -0.2) is 9.55 Å². The lowest BCUT2D eigenvalue weighted by atomic mass is 9.82. The molecule has 10 aromatic carbocycles. The van der Waals surface area contributed by atoms with E-state index in [0.29, 0.717) is 0 Å². The van der Waals surface area contributed by atoms with Crippen LogP contribution in [0.3, 0.4) is 0 Å². The van der Waals surface area contributed by atoms with E-state index in [-0.39, 0.29) is 0 Å². The molecule has 0 radical (unpaired) electrons. The number of para-hydroxylation sites is 2. The number of allylic oxidation sites excluding steroid dienone is 4. The molecule has 1 aliphatic carbocycles. The van der Waals surface area contributed by atoms with Gasteiger partial charge in [-0.1, -0.05) is 188 Å². The molecule has 0 aliphatic heterocycles. The third kappa shape index (κ3) is 5.75. The van der Waals surface area contributed by atoms with Crippen LogP contribution in [0.4, 0.5) is 0 Å². The minimum atomic E-state index is 0.975. The van der Waals surface area contributed by atoms with Gasteiger partial charge in [0.2, 0.25) is 0 Å². The maximum atomic E-state index is 5.27. The number of hydrogen-bond acceptors (Lipinski definition) is 1. The van der Waals surface area contributed by atoms with Crippen molar-refractivity contribution in [1.29, 1.82) is 0 Å². The molecular weight excluding hydrogens is 737 g/mol. The predicted octanol–water partition coefficient (Wildman–Crippen LogP) is 16.2. The second-order valence-electron chi connectivity index (χ2n) is 16.1. The summed E-state index contributed by atoms with van der Waals surface area (Å²) in [7, 11) is 0. The van der Waals surface area contributed by atoms with Gasteiger partial charge in [0, 0.05) is 11.3 Å². The fraction of sp³-hybridized carbons (Fsp3) is 0.0339. The van der Waals surface area contributed by atoms with Crippen molar-refractivity contribution in [2.75, 3.05) is 0 Å². The Morgan fingerprint density at radius 3 is 1.39 bits per heavy atom. The molecule has 2 nitrogen and oxygen atoms in total. The van der Waals surface area contributed by atoms with Crippen LogP contribution < -0.4 is 0 Å². The largest absolute Gasteiger partial charge is 0.296 e. The number of hydrogen-bond donors (Lipinski definition) is 0. The Bertz CT molecular complexity index is 3510. The number of rotatable bonds is 6. The molecule has 286 valence electrons. The van der Waals surface area contributed by atoms with Gasteiger partial charge in [0.1, 0.15) is 5.82 Å². The van der Waals surface area contributed by atoms with Crippen molar-refractivity contribution in [2.24, 2.45) is 0 Å². The van der Waals surface area contributed by atoms with Crippen LogP contribution in [0.25, 0.3) is 116 Å². The standard InChI is InChI=1S/C59H40N2/c1-4-19-39(20-5-1)55-45-27-10-11-28-46(45)56(40-21-6-2-7-22-40)52-38-42(35-36-51(52)55)58-49-31-14-12-29-47(49)57(48-30-13-15-32-50(48)58)41-23-18-24-43(37-41)59-60-53-33-16-17-34-54(53)61(59)44-25-8-3-9-26-44/h1-8,10-25,27-38H,9,26H2. The Hall–Kier alpha value is -7.81. The van der Waals surface area contributed by atoms with Crippen molar-refractivity contribution in [3.05, 3.63) is 218 Å². The van der Waals surface area contributed by atoms with E-state index in [9.17, 15) is 0 Å². The van der Waals surface area contributed by atoms with Crippen LogP contribution in [-0.2, 0) is 0 Å². The normalized spacial score (nSPS) is 12.8. The first kappa shape index (κ1) is 35.2. The molecule has 0 N–H and O–H groups in total. The highest BCUT2D eigenvalue weighted by atomic mass is 15.1. The SMILES string of the molecule is C1=CCCC(n2c(-c3cccc(-c4c5ccccc5c(-c5ccc6c(-c7ccccc7)c7ccccc7c(-c7ccccc7)c6c5)c5ccccc45)c3)nc3ccccc32)=C1. The second-order valence-corrected chi connectivity index (χ2v) is 16.1. The molecule has 0 saturated heterocycles. The second kappa shape index (κ2) is 14.5. The van der Waals surface area contributed by atoms with E-state index in [1.54, 1.807) is 0 Å². The summed E-state index contributed by atoms with van der Waals surface area (Å²) in [4.78, 5) is 5.27. The van der Waals surface area contributed by atoms with Crippen LogP contribution in [0.2, 0.25) is 0 Å². The molecule has 1 aromatic heterocycles. The zero-order chi connectivity index (χ0) is 40.3. The number of nitrogens with zero attached hydrogens (tertiary/aromatic N) is 2. The first-order chi connectivity index (χ1) is 30.3. The lowest BCUT2D eigenvalue weighted by molar-refractivity contribution is 0.960. The van der Waals surface area contributed by atoms with Crippen molar-refractivity contribution in [1.82, 2.24) is 9.55 Å². The average molecular weight is 777 g/mol. The Labute approximate surface area is 355 Å². The van der Waals surface area contributed by atoms with Gasteiger partial charge in [0.25, 0.3) is 0 Å². The van der Waals surface area contributed by atoms with Gasteiger partial charge in [-0.25, -0.2) is 4.98 Å². The molecule has 0 saturated carbocycles. The minimum absolute atomic E-state index is 0.975. The van der Waals surface area contributed by atoms with Crippen LogP contribution in [0.5, 0.6) is 0 Å². The molecule has 12 rings (SSSR count). The van der Waals surface area contributed by atoms with E-state index in [1.165, 1.54) is 93.3 Å². The van der Waals surface area contributed by atoms with E-state index in [4.69, 9.17) is 4.98 Å². The molecular formula is C59H40N2. The highest BCUT2D eigenvalue weighted by molar-refractivity contribution is 6.25.